The number of nitrogens with zero attached hydrogens (tertiary/aromatic N) is 2. The molecule has 174 valence electrons. The molecule has 2 saturated carbocycles. The van der Waals surface area contributed by atoms with E-state index in [-0.39, 0.29) is 43.2 Å². The fraction of sp³-hybridized carbons (Fsp3) is 0.571. The second kappa shape index (κ2) is 9.66. The van der Waals surface area contributed by atoms with Crippen LogP contribution in [0.15, 0.2) is 28.7 Å². The van der Waals surface area contributed by atoms with Crippen molar-refractivity contribution in [2.45, 2.75) is 68.9 Å². The van der Waals surface area contributed by atoms with Crippen LogP contribution in [0, 0.1) is 0 Å². The maximum atomic E-state index is 12.2. The number of ether oxygens (including phenoxy) is 2. The molecular formula is C21H23ClF3N3O4. The zero-order valence-corrected chi connectivity index (χ0v) is 17.9. The number of benzene rings is 1. The Kier molecular flexibility index (Phi) is 6.90. The van der Waals surface area contributed by atoms with Crippen molar-refractivity contribution in [2.75, 3.05) is 6.61 Å². The first-order valence-electron chi connectivity index (χ1n) is 10.5. The molecule has 32 heavy (non-hydrogen) atoms. The summed E-state index contributed by atoms with van der Waals surface area (Å²) in [7, 11) is 0. The van der Waals surface area contributed by atoms with Crippen LogP contribution in [0.5, 0.6) is 5.75 Å². The number of hydrogen-bond donors (Lipinski definition) is 1. The van der Waals surface area contributed by atoms with E-state index in [1.54, 1.807) is 24.3 Å². The molecule has 1 amide bonds. The van der Waals surface area contributed by atoms with E-state index in [0.717, 1.165) is 25.7 Å². The van der Waals surface area contributed by atoms with Gasteiger partial charge in [-0.15, -0.1) is 23.4 Å². The number of hydrogen-bond acceptors (Lipinski definition) is 6. The Morgan fingerprint density at radius 3 is 2.31 bits per heavy atom. The summed E-state index contributed by atoms with van der Waals surface area (Å²) in [5, 5.41) is 11.7. The van der Waals surface area contributed by atoms with Crippen LogP contribution in [-0.2, 0) is 9.53 Å². The SMILES string of the molecule is O=C(COc1ccc(Cl)cc1)N[C@H]1CC[C@H](c2nnc(C3CC(OC(F)(F)F)C3)o2)CC1. The normalized spacial score (nSPS) is 25.8. The largest absolute Gasteiger partial charge is 0.522 e. The van der Waals surface area contributed by atoms with Gasteiger partial charge < -0.3 is 14.5 Å². The number of aromatic nitrogens is 2. The molecule has 0 atom stereocenters. The second-order valence-electron chi connectivity index (χ2n) is 8.19. The molecular weight excluding hydrogens is 451 g/mol. The first-order valence-corrected chi connectivity index (χ1v) is 10.9. The van der Waals surface area contributed by atoms with Gasteiger partial charge in [0.05, 0.1) is 6.10 Å². The van der Waals surface area contributed by atoms with E-state index < -0.39 is 12.5 Å². The Labute approximate surface area is 187 Å². The Morgan fingerprint density at radius 1 is 1.06 bits per heavy atom. The van der Waals surface area contributed by atoms with Crippen LogP contribution < -0.4 is 10.1 Å². The van der Waals surface area contributed by atoms with Crippen molar-refractivity contribution in [1.29, 1.82) is 0 Å². The average Bonchev–Trinajstić information content (AvgIpc) is 3.19. The van der Waals surface area contributed by atoms with E-state index in [4.69, 9.17) is 20.8 Å². The topological polar surface area (TPSA) is 86.5 Å². The smallest absolute Gasteiger partial charge is 0.484 e. The lowest BCUT2D eigenvalue weighted by molar-refractivity contribution is -0.352. The zero-order chi connectivity index (χ0) is 22.7. The van der Waals surface area contributed by atoms with Crippen LogP contribution in [-0.4, -0.2) is 41.2 Å². The molecule has 7 nitrogen and oxygen atoms in total. The Hall–Kier alpha value is -2.33. The van der Waals surface area contributed by atoms with E-state index in [9.17, 15) is 18.0 Å². The van der Waals surface area contributed by atoms with Gasteiger partial charge in [0.15, 0.2) is 6.61 Å². The molecule has 1 aromatic carbocycles. The Balaban J connectivity index is 1.17. The van der Waals surface area contributed by atoms with Crippen molar-refractivity contribution in [3.63, 3.8) is 0 Å². The molecule has 2 aliphatic rings. The monoisotopic (exact) mass is 473 g/mol. The predicted molar refractivity (Wildman–Crippen MR) is 107 cm³/mol. The molecule has 2 aromatic rings. The third-order valence-electron chi connectivity index (χ3n) is 5.83. The molecule has 11 heteroatoms. The third kappa shape index (κ3) is 6.13. The zero-order valence-electron chi connectivity index (χ0n) is 17.1. The standard InChI is InChI=1S/C21H23ClF3N3O4/c22-14-3-7-16(8-4-14)30-11-18(29)26-15-5-1-12(2-6-15)19-27-28-20(31-19)13-9-17(10-13)32-21(23,24)25/h3-4,7-8,12-13,15,17H,1-2,5-6,9-11H2,(H,26,29)/t12-,13?,15-,17?. The van der Waals surface area contributed by atoms with Gasteiger partial charge in [-0.2, -0.15) is 0 Å². The lowest BCUT2D eigenvalue weighted by Crippen LogP contribution is -2.39. The summed E-state index contributed by atoms with van der Waals surface area (Å²) >= 11 is 5.82. The van der Waals surface area contributed by atoms with Crippen LogP contribution in [0.4, 0.5) is 13.2 Å². The summed E-state index contributed by atoms with van der Waals surface area (Å²) in [5.41, 5.74) is 0. The molecule has 0 saturated heterocycles. The summed E-state index contributed by atoms with van der Waals surface area (Å²) in [5.74, 6) is 1.15. The Bertz CT molecular complexity index is 908. The quantitative estimate of drug-likeness (QED) is 0.625. The molecule has 2 fully saturated rings. The van der Waals surface area contributed by atoms with Crippen LogP contribution in [0.1, 0.15) is 62.1 Å². The molecule has 0 aliphatic heterocycles. The maximum Gasteiger partial charge on any atom is 0.522 e. The fourth-order valence-corrected chi connectivity index (χ4v) is 4.19. The molecule has 4 rings (SSSR count). The summed E-state index contributed by atoms with van der Waals surface area (Å²) in [6.45, 7) is -0.0744. The highest BCUT2D eigenvalue weighted by molar-refractivity contribution is 6.30. The van der Waals surface area contributed by atoms with Crippen LogP contribution >= 0.6 is 11.6 Å². The maximum absolute atomic E-state index is 12.2. The molecule has 0 spiro atoms. The minimum Gasteiger partial charge on any atom is -0.484 e. The summed E-state index contributed by atoms with van der Waals surface area (Å²) in [4.78, 5) is 12.2. The predicted octanol–water partition coefficient (Wildman–Crippen LogP) is 4.73. The molecule has 0 unspecified atom stereocenters. The summed E-state index contributed by atoms with van der Waals surface area (Å²) in [6.07, 6.45) is -1.95. The highest BCUT2D eigenvalue weighted by Gasteiger charge is 2.42. The second-order valence-corrected chi connectivity index (χ2v) is 8.63. The molecule has 0 radical (unpaired) electrons. The van der Waals surface area contributed by atoms with E-state index in [0.29, 0.717) is 22.6 Å². The number of nitrogens with one attached hydrogen (secondary N) is 1. The first-order chi connectivity index (χ1) is 15.2. The summed E-state index contributed by atoms with van der Waals surface area (Å²) in [6, 6.07) is 6.83. The van der Waals surface area contributed by atoms with Crippen LogP contribution in [0.25, 0.3) is 0 Å². The van der Waals surface area contributed by atoms with E-state index >= 15 is 0 Å². The first kappa shape index (κ1) is 22.8. The third-order valence-corrected chi connectivity index (χ3v) is 6.08. The van der Waals surface area contributed by atoms with Gasteiger partial charge in [-0.05, 0) is 62.8 Å². The minimum atomic E-state index is -4.62. The molecule has 1 aromatic heterocycles. The molecule has 1 N–H and O–H groups in total. The Morgan fingerprint density at radius 2 is 1.69 bits per heavy atom. The van der Waals surface area contributed by atoms with Crippen molar-refractivity contribution in [2.24, 2.45) is 0 Å². The number of carbonyl (C=O) groups excluding carboxylic acids is 1. The van der Waals surface area contributed by atoms with Crippen LogP contribution in [0.3, 0.4) is 0 Å². The van der Waals surface area contributed by atoms with Gasteiger partial charge in [0.2, 0.25) is 11.8 Å². The van der Waals surface area contributed by atoms with E-state index in [2.05, 4.69) is 20.3 Å². The van der Waals surface area contributed by atoms with Gasteiger partial charge in [0, 0.05) is 22.9 Å². The number of alkyl halides is 3. The average molecular weight is 474 g/mol. The lowest BCUT2D eigenvalue weighted by atomic mass is 9.82. The number of halogens is 4. The van der Waals surface area contributed by atoms with E-state index in [1.807, 2.05) is 0 Å². The number of amides is 1. The fourth-order valence-electron chi connectivity index (χ4n) is 4.06. The molecule has 2 aliphatic carbocycles. The van der Waals surface area contributed by atoms with Gasteiger partial charge in [-0.3, -0.25) is 9.53 Å². The van der Waals surface area contributed by atoms with Crippen molar-refractivity contribution >= 4 is 17.5 Å². The van der Waals surface area contributed by atoms with Crippen molar-refractivity contribution in [3.8, 4) is 5.75 Å². The van der Waals surface area contributed by atoms with Gasteiger partial charge in [0.25, 0.3) is 5.91 Å². The van der Waals surface area contributed by atoms with Crippen LogP contribution in [0.2, 0.25) is 5.02 Å². The molecule has 1 heterocycles. The highest BCUT2D eigenvalue weighted by Crippen LogP contribution is 2.42. The lowest BCUT2D eigenvalue weighted by Gasteiger charge is -2.33. The van der Waals surface area contributed by atoms with Crippen molar-refractivity contribution in [3.05, 3.63) is 41.1 Å². The highest BCUT2D eigenvalue weighted by atomic mass is 35.5. The van der Waals surface area contributed by atoms with Gasteiger partial charge in [0.1, 0.15) is 5.75 Å². The van der Waals surface area contributed by atoms with Crippen molar-refractivity contribution < 1.29 is 31.9 Å². The van der Waals surface area contributed by atoms with Gasteiger partial charge in [-0.1, -0.05) is 11.6 Å². The molecule has 0 bridgehead atoms. The minimum absolute atomic E-state index is 0.0434. The van der Waals surface area contributed by atoms with Crippen molar-refractivity contribution in [1.82, 2.24) is 15.5 Å². The summed E-state index contributed by atoms with van der Waals surface area (Å²) < 4.78 is 51.9. The van der Waals surface area contributed by atoms with E-state index in [1.165, 1.54) is 0 Å². The van der Waals surface area contributed by atoms with Gasteiger partial charge in [-0.25, -0.2) is 0 Å². The van der Waals surface area contributed by atoms with Gasteiger partial charge >= 0.3 is 6.36 Å². The number of carbonyl (C=O) groups is 1. The number of rotatable bonds is 7.